The van der Waals surface area contributed by atoms with Crippen molar-refractivity contribution in [2.45, 2.75) is 65.7 Å². The first-order valence-corrected chi connectivity index (χ1v) is 13.6. The van der Waals surface area contributed by atoms with Crippen molar-refractivity contribution in [3.05, 3.63) is 107 Å². The van der Waals surface area contributed by atoms with E-state index in [1.807, 2.05) is 12.2 Å². The molecule has 4 atom stereocenters. The molecule has 0 amide bonds. The highest BCUT2D eigenvalue weighted by Gasteiger charge is 2.31. The Kier molecular flexibility index (Phi) is 6.71. The predicted octanol–water partition coefficient (Wildman–Crippen LogP) is 8.72. The maximum atomic E-state index is 13.0. The van der Waals surface area contributed by atoms with E-state index in [1.54, 1.807) is 0 Å². The summed E-state index contributed by atoms with van der Waals surface area (Å²) in [7, 11) is 0. The molecule has 0 aromatic heterocycles. The van der Waals surface area contributed by atoms with Crippen LogP contribution in [0.3, 0.4) is 0 Å². The minimum Gasteiger partial charge on any atom is -0.294 e. The zero-order chi connectivity index (χ0) is 24.6. The summed E-state index contributed by atoms with van der Waals surface area (Å²) in [5.41, 5.74) is 7.58. The van der Waals surface area contributed by atoms with Gasteiger partial charge in [-0.1, -0.05) is 106 Å². The molecule has 0 aromatic rings. The van der Waals surface area contributed by atoms with E-state index in [2.05, 4.69) is 82.0 Å². The minimum atomic E-state index is 0.215. The second-order valence-electron chi connectivity index (χ2n) is 12.3. The lowest BCUT2D eigenvalue weighted by Gasteiger charge is -2.38. The summed E-state index contributed by atoms with van der Waals surface area (Å²) in [5, 5.41) is 0. The van der Waals surface area contributed by atoms with E-state index in [4.69, 9.17) is 0 Å². The van der Waals surface area contributed by atoms with E-state index in [1.165, 1.54) is 54.4 Å². The van der Waals surface area contributed by atoms with Crippen LogP contribution >= 0.6 is 0 Å². The van der Waals surface area contributed by atoms with Crippen LogP contribution in [-0.4, -0.2) is 5.78 Å². The van der Waals surface area contributed by atoms with Gasteiger partial charge in [0.2, 0.25) is 0 Å². The molecule has 1 fully saturated rings. The molecule has 0 heterocycles. The van der Waals surface area contributed by atoms with Crippen molar-refractivity contribution < 1.29 is 4.79 Å². The van der Waals surface area contributed by atoms with Crippen LogP contribution in [0.15, 0.2) is 107 Å². The molecule has 0 bridgehead atoms. The molecular weight excluding hydrogens is 424 g/mol. The number of fused-ring (bicyclic) bond motifs is 2. The molecule has 5 rings (SSSR count). The zero-order valence-electron chi connectivity index (χ0n) is 21.7. The van der Waals surface area contributed by atoms with Gasteiger partial charge in [-0.3, -0.25) is 4.79 Å². The lowest BCUT2D eigenvalue weighted by atomic mass is 9.68. The van der Waals surface area contributed by atoms with Gasteiger partial charge in [0.15, 0.2) is 5.78 Å². The smallest absolute Gasteiger partial charge is 0.163 e. The monoisotopic (exact) mass is 464 g/mol. The Labute approximate surface area is 212 Å². The average molecular weight is 465 g/mol. The lowest BCUT2D eigenvalue weighted by Crippen LogP contribution is -2.27. The summed E-state index contributed by atoms with van der Waals surface area (Å²) in [6, 6.07) is 0. The van der Waals surface area contributed by atoms with Crippen molar-refractivity contribution in [2.75, 3.05) is 0 Å². The molecule has 0 aromatic carbocycles. The van der Waals surface area contributed by atoms with Gasteiger partial charge in [-0.25, -0.2) is 0 Å². The second-order valence-corrected chi connectivity index (χ2v) is 12.3. The van der Waals surface area contributed by atoms with E-state index >= 15 is 0 Å². The van der Waals surface area contributed by atoms with Gasteiger partial charge in [0, 0.05) is 23.8 Å². The summed E-state index contributed by atoms with van der Waals surface area (Å²) in [6.45, 7) is 11.4. The van der Waals surface area contributed by atoms with Crippen molar-refractivity contribution in [3.63, 3.8) is 0 Å². The van der Waals surface area contributed by atoms with Crippen molar-refractivity contribution >= 4 is 5.78 Å². The molecule has 1 nitrogen and oxygen atoms in total. The Morgan fingerprint density at radius 2 is 1.80 bits per heavy atom. The zero-order valence-corrected chi connectivity index (χ0v) is 21.7. The van der Waals surface area contributed by atoms with Gasteiger partial charge in [0.05, 0.1) is 0 Å². The van der Waals surface area contributed by atoms with Crippen LogP contribution in [0.2, 0.25) is 0 Å². The van der Waals surface area contributed by atoms with E-state index in [0.29, 0.717) is 17.8 Å². The summed E-state index contributed by atoms with van der Waals surface area (Å²) < 4.78 is 0. The van der Waals surface area contributed by atoms with E-state index in [9.17, 15) is 4.79 Å². The van der Waals surface area contributed by atoms with Crippen LogP contribution in [0.5, 0.6) is 0 Å². The molecule has 1 saturated carbocycles. The van der Waals surface area contributed by atoms with Crippen molar-refractivity contribution in [1.29, 1.82) is 0 Å². The summed E-state index contributed by atoms with van der Waals surface area (Å²) in [5.74, 6) is 2.50. The second kappa shape index (κ2) is 9.76. The number of rotatable bonds is 6. The van der Waals surface area contributed by atoms with Gasteiger partial charge in [0.25, 0.3) is 0 Å². The molecule has 1 heteroatoms. The molecule has 5 aliphatic carbocycles. The molecule has 0 N–H and O–H groups in total. The molecule has 0 saturated heterocycles. The first-order valence-electron chi connectivity index (χ1n) is 13.6. The SMILES string of the molecule is C=C1C=C(C(=O)CCC2=CC3C=C(CC4CCCC(C(C)(C)C)C4)C=CC3=C2)C=C2C=CC=CC12. The van der Waals surface area contributed by atoms with Crippen molar-refractivity contribution in [2.24, 2.45) is 29.1 Å². The van der Waals surface area contributed by atoms with Gasteiger partial charge < -0.3 is 0 Å². The third-order valence-corrected chi connectivity index (χ3v) is 8.63. The minimum absolute atomic E-state index is 0.215. The van der Waals surface area contributed by atoms with Crippen LogP contribution in [0.1, 0.15) is 65.7 Å². The Balaban J connectivity index is 1.17. The largest absolute Gasteiger partial charge is 0.294 e. The van der Waals surface area contributed by atoms with Crippen molar-refractivity contribution in [3.8, 4) is 0 Å². The number of hydrogen-bond donors (Lipinski definition) is 0. The predicted molar refractivity (Wildman–Crippen MR) is 148 cm³/mol. The number of carbonyl (C=O) groups excluding carboxylic acids is 1. The third-order valence-electron chi connectivity index (χ3n) is 8.63. The summed E-state index contributed by atoms with van der Waals surface area (Å²) >= 11 is 0. The Morgan fingerprint density at radius 1 is 0.971 bits per heavy atom. The maximum Gasteiger partial charge on any atom is 0.163 e. The standard InChI is InChI=1S/C34H40O/c1-23-16-30(22-28-9-5-6-11-32(23)28)33(35)15-13-26-18-27-14-12-25(19-29(27)20-26)17-24-8-7-10-31(21-24)34(2,3)4/h5-6,9,11-12,14,16,18-20,22,24,29,31-32H,1,7-8,10,13,15,17,21H2,2-4H3. The Bertz CT molecular complexity index is 1150. The van der Waals surface area contributed by atoms with Gasteiger partial charge in [0.1, 0.15) is 0 Å². The highest BCUT2D eigenvalue weighted by molar-refractivity contribution is 5.99. The maximum absolute atomic E-state index is 13.0. The van der Waals surface area contributed by atoms with Crippen LogP contribution < -0.4 is 0 Å². The average Bonchev–Trinajstić information content (AvgIpc) is 3.24. The molecule has 0 aliphatic heterocycles. The van der Waals surface area contributed by atoms with Crippen LogP contribution in [0, 0.1) is 29.1 Å². The molecule has 182 valence electrons. The number of carbonyl (C=O) groups is 1. The fourth-order valence-electron chi connectivity index (χ4n) is 6.47. The van der Waals surface area contributed by atoms with Crippen LogP contribution in [0.4, 0.5) is 0 Å². The highest BCUT2D eigenvalue weighted by Crippen LogP contribution is 2.43. The summed E-state index contributed by atoms with van der Waals surface area (Å²) in [4.78, 5) is 13.0. The Hall–Kier alpha value is -2.67. The summed E-state index contributed by atoms with van der Waals surface area (Å²) in [6.07, 6.45) is 32.3. The number of ketones is 1. The molecule has 4 unspecified atom stereocenters. The topological polar surface area (TPSA) is 17.1 Å². The highest BCUT2D eigenvalue weighted by atomic mass is 16.1. The third kappa shape index (κ3) is 5.45. The van der Waals surface area contributed by atoms with Crippen LogP contribution in [-0.2, 0) is 4.79 Å². The number of Topliss-reactive ketones (excluding diaryl/α,β-unsaturated/α-hetero) is 1. The quantitative estimate of drug-likeness (QED) is 0.384. The molecule has 0 spiro atoms. The van der Waals surface area contributed by atoms with E-state index in [-0.39, 0.29) is 11.7 Å². The lowest BCUT2D eigenvalue weighted by molar-refractivity contribution is -0.115. The van der Waals surface area contributed by atoms with Crippen LogP contribution in [0.25, 0.3) is 0 Å². The van der Waals surface area contributed by atoms with Gasteiger partial charge in [-0.2, -0.15) is 0 Å². The molecule has 5 aliphatic rings. The molecule has 35 heavy (non-hydrogen) atoms. The van der Waals surface area contributed by atoms with E-state index < -0.39 is 0 Å². The molecule has 0 radical (unpaired) electrons. The number of hydrogen-bond acceptors (Lipinski definition) is 1. The normalized spacial score (nSPS) is 29.6. The van der Waals surface area contributed by atoms with Crippen molar-refractivity contribution in [1.82, 2.24) is 0 Å². The first-order chi connectivity index (χ1) is 16.8. The fraction of sp³-hybridized carbons (Fsp3) is 0.441. The molecular formula is C34H40O. The van der Waals surface area contributed by atoms with E-state index in [0.717, 1.165) is 29.4 Å². The number of allylic oxidation sites excluding steroid dienone is 17. The Morgan fingerprint density at radius 3 is 2.63 bits per heavy atom. The first kappa shape index (κ1) is 24.0. The fourth-order valence-corrected chi connectivity index (χ4v) is 6.47. The van der Waals surface area contributed by atoms with Gasteiger partial charge in [-0.05, 0) is 71.8 Å². The van der Waals surface area contributed by atoms with Gasteiger partial charge >= 0.3 is 0 Å². The van der Waals surface area contributed by atoms with Gasteiger partial charge in [-0.15, -0.1) is 0 Å².